The molecule has 0 aromatic heterocycles. The van der Waals surface area contributed by atoms with E-state index in [0.717, 1.165) is 16.4 Å². The van der Waals surface area contributed by atoms with Gasteiger partial charge in [0.25, 0.3) is 0 Å². The Morgan fingerprint density at radius 1 is 1.30 bits per heavy atom. The highest BCUT2D eigenvalue weighted by molar-refractivity contribution is 8.90. The molecule has 1 aliphatic rings. The normalized spacial score (nSPS) is 40.5. The zero-order valence-corrected chi connectivity index (χ0v) is 9.49. The van der Waals surface area contributed by atoms with E-state index in [0.29, 0.717) is 0 Å². The molecule has 0 bridgehead atoms. The smallest absolute Gasteiger partial charge is 0.0278 e. The molecule has 4 heteroatoms. The van der Waals surface area contributed by atoms with Gasteiger partial charge in [0.1, 0.15) is 0 Å². The van der Waals surface area contributed by atoms with Crippen molar-refractivity contribution in [1.29, 1.82) is 0 Å². The van der Waals surface area contributed by atoms with Crippen LogP contribution in [0.2, 0.25) is 0 Å². The maximum absolute atomic E-state index is 5.67. The van der Waals surface area contributed by atoms with E-state index in [1.165, 1.54) is 6.16 Å². The topological polar surface area (TPSA) is 0 Å². The Hall–Kier alpha value is 1.42. The molecule has 0 radical (unpaired) electrons. The fourth-order valence-electron chi connectivity index (χ4n) is 0.742. The summed E-state index contributed by atoms with van der Waals surface area (Å²) in [5.74, 6) is 0.838. The van der Waals surface area contributed by atoms with Crippen LogP contribution in [0.25, 0.3) is 0 Å². The van der Waals surface area contributed by atoms with Crippen LogP contribution in [-0.4, -0.2) is 22.5 Å². The lowest BCUT2D eigenvalue weighted by molar-refractivity contribution is 0.941. The first-order valence-electron chi connectivity index (χ1n) is 3.41. The van der Waals surface area contributed by atoms with Crippen LogP contribution in [-0.2, 0) is 0 Å². The maximum atomic E-state index is 5.67. The molecule has 10 heavy (non-hydrogen) atoms. The zero-order valence-electron chi connectivity index (χ0n) is 6.21. The van der Waals surface area contributed by atoms with Crippen molar-refractivity contribution in [2.75, 3.05) is 12.0 Å². The summed E-state index contributed by atoms with van der Waals surface area (Å²) >= 11 is 9.95. The van der Waals surface area contributed by atoms with E-state index >= 15 is 0 Å². The van der Waals surface area contributed by atoms with E-state index in [9.17, 15) is 0 Å². The van der Waals surface area contributed by atoms with E-state index in [4.69, 9.17) is 11.6 Å². The summed E-state index contributed by atoms with van der Waals surface area (Å²) < 4.78 is 0. The first kappa shape index (κ1) is 9.51. The van der Waals surface area contributed by atoms with Gasteiger partial charge in [-0.05, 0) is 6.16 Å². The van der Waals surface area contributed by atoms with Crippen LogP contribution in [0.3, 0.4) is 0 Å². The molecule has 0 saturated carbocycles. The Morgan fingerprint density at radius 2 is 1.80 bits per heavy atom. The molecule has 1 saturated heterocycles. The Labute approximate surface area is 77.1 Å². The summed E-state index contributed by atoms with van der Waals surface area (Å²) in [4.78, 5) is 0. The minimum absolute atomic E-state index is 0.177. The lowest BCUT2D eigenvalue weighted by Gasteiger charge is -2.03. The molecule has 0 spiro atoms. The van der Waals surface area contributed by atoms with Gasteiger partial charge >= 0.3 is 0 Å². The summed E-state index contributed by atoms with van der Waals surface area (Å²) in [7, 11) is 0. The number of halogens is 1. The molecule has 0 aromatic rings. The van der Waals surface area contributed by atoms with Crippen LogP contribution in [0, 0.1) is 0 Å². The van der Waals surface area contributed by atoms with Gasteiger partial charge in [-0.25, -0.2) is 0 Å². The molecule has 1 fully saturated rings. The molecule has 60 valence electrons. The van der Waals surface area contributed by atoms with Crippen molar-refractivity contribution in [2.45, 2.75) is 24.3 Å². The maximum Gasteiger partial charge on any atom is 0.0278 e. The fraction of sp³-hybridized carbons (Fsp3) is 1.00. The van der Waals surface area contributed by atoms with Gasteiger partial charge in [0.2, 0.25) is 0 Å². The minimum atomic E-state index is 0.177. The number of hydrogen-bond donors (Lipinski definition) is 0. The largest absolute Gasteiger partial charge is 0.126 e. The highest BCUT2D eigenvalue weighted by Crippen LogP contribution is 2.70. The van der Waals surface area contributed by atoms with Crippen molar-refractivity contribution in [2.24, 2.45) is 0 Å². The van der Waals surface area contributed by atoms with E-state index in [2.05, 4.69) is 36.6 Å². The number of rotatable bonds is 2. The first-order valence-corrected chi connectivity index (χ1v) is 8.44. The molecule has 1 aliphatic heterocycles. The molecule has 0 nitrogen and oxygen atoms in total. The highest BCUT2D eigenvalue weighted by atomic mass is 35.5. The van der Waals surface area contributed by atoms with Crippen molar-refractivity contribution < 1.29 is 0 Å². The average Bonchev–Trinajstić information content (AvgIpc) is 2.14. The summed E-state index contributed by atoms with van der Waals surface area (Å²) in [6.07, 6.45) is 1.40. The van der Waals surface area contributed by atoms with Crippen LogP contribution >= 0.6 is 40.7 Å². The van der Waals surface area contributed by atoms with Gasteiger partial charge in [-0.2, -0.15) is 0 Å². The second kappa shape index (κ2) is 4.45. The number of alkyl halides is 1. The third-order valence-corrected chi connectivity index (χ3v) is 10.7. The van der Waals surface area contributed by atoms with Crippen molar-refractivity contribution in [3.05, 3.63) is 0 Å². The lowest BCUT2D eigenvalue weighted by atomic mass is 10.4. The molecule has 1 rings (SSSR count). The molecular formula is C6H12ClPS2. The van der Waals surface area contributed by atoms with Gasteiger partial charge in [-0.15, -0.1) is 34.4 Å². The van der Waals surface area contributed by atoms with Gasteiger partial charge in [-0.3, -0.25) is 0 Å². The molecule has 0 aromatic carbocycles. The van der Waals surface area contributed by atoms with Crippen molar-refractivity contribution in [3.8, 4) is 0 Å². The quantitative estimate of drug-likeness (QED) is 0.507. The Balaban J connectivity index is 2.27. The monoisotopic (exact) mass is 214 g/mol. The summed E-state index contributed by atoms with van der Waals surface area (Å²) in [5, 5.41) is 1.69. The van der Waals surface area contributed by atoms with Crippen molar-refractivity contribution in [1.82, 2.24) is 0 Å². The predicted octanol–water partition coefficient (Wildman–Crippen LogP) is 3.79. The van der Waals surface area contributed by atoms with Crippen LogP contribution in [0.1, 0.15) is 13.8 Å². The molecule has 2 unspecified atom stereocenters. The van der Waals surface area contributed by atoms with E-state index < -0.39 is 0 Å². The molecular weight excluding hydrogens is 203 g/mol. The van der Waals surface area contributed by atoms with Gasteiger partial charge in [0.05, 0.1) is 0 Å². The Morgan fingerprint density at radius 3 is 2.20 bits per heavy atom. The number of hydrogen-bond acceptors (Lipinski definition) is 2. The Bertz CT molecular complexity index is 102. The highest BCUT2D eigenvalue weighted by Gasteiger charge is 2.28. The summed E-state index contributed by atoms with van der Waals surface area (Å²) in [6, 6.07) is 0. The molecule has 0 N–H and O–H groups in total. The van der Waals surface area contributed by atoms with Crippen LogP contribution in [0.5, 0.6) is 0 Å². The van der Waals surface area contributed by atoms with E-state index in [-0.39, 0.29) is 6.33 Å². The second-order valence-corrected chi connectivity index (χ2v) is 10.4. The fourth-order valence-corrected chi connectivity index (χ4v) is 11.7. The van der Waals surface area contributed by atoms with Crippen LogP contribution in [0.4, 0.5) is 0 Å². The average molecular weight is 215 g/mol. The van der Waals surface area contributed by atoms with E-state index in [1.807, 2.05) is 0 Å². The van der Waals surface area contributed by atoms with Gasteiger partial charge in [0.15, 0.2) is 0 Å². The van der Waals surface area contributed by atoms with Gasteiger partial charge < -0.3 is 0 Å². The standard InChI is InChI=1S/C6H12ClPS2/c1-5-6(2)10-8(9-5)4-3-7/h5-6H,3-4H2,1-2H3. The second-order valence-electron chi connectivity index (χ2n) is 2.37. The molecule has 2 atom stereocenters. The van der Waals surface area contributed by atoms with Crippen molar-refractivity contribution in [3.63, 3.8) is 0 Å². The van der Waals surface area contributed by atoms with Gasteiger partial charge in [0, 0.05) is 22.7 Å². The molecule has 0 aliphatic carbocycles. The van der Waals surface area contributed by atoms with Gasteiger partial charge in [-0.1, -0.05) is 13.8 Å². The first-order chi connectivity index (χ1) is 4.74. The third-order valence-electron chi connectivity index (χ3n) is 1.50. The SMILES string of the molecule is CC1SP(CCCl)SC1C. The molecule has 1 heterocycles. The van der Waals surface area contributed by atoms with Crippen LogP contribution < -0.4 is 0 Å². The van der Waals surface area contributed by atoms with Crippen molar-refractivity contribution >= 4 is 40.7 Å². The minimum Gasteiger partial charge on any atom is -0.126 e. The Kier molecular flexibility index (Phi) is 4.23. The predicted molar refractivity (Wildman–Crippen MR) is 56.6 cm³/mol. The summed E-state index contributed by atoms with van der Waals surface area (Å²) in [5.41, 5.74) is 0. The molecule has 0 amide bonds. The van der Waals surface area contributed by atoms with E-state index in [1.54, 1.807) is 0 Å². The zero-order chi connectivity index (χ0) is 7.56. The van der Waals surface area contributed by atoms with Crippen LogP contribution in [0.15, 0.2) is 0 Å². The lowest BCUT2D eigenvalue weighted by Crippen LogP contribution is -2.04. The third kappa shape index (κ3) is 2.48. The summed E-state index contributed by atoms with van der Waals surface area (Å²) in [6.45, 7) is 4.64.